The first-order valence-electron chi connectivity index (χ1n) is 8.52. The van der Waals surface area contributed by atoms with Gasteiger partial charge < -0.3 is 9.42 Å². The van der Waals surface area contributed by atoms with Gasteiger partial charge in [-0.3, -0.25) is 9.36 Å². The first kappa shape index (κ1) is 17.7. The van der Waals surface area contributed by atoms with Gasteiger partial charge >= 0.3 is 5.69 Å². The van der Waals surface area contributed by atoms with Crippen LogP contribution in [0.5, 0.6) is 0 Å². The number of likely N-dealkylation sites (tertiary alicyclic amines) is 1. The van der Waals surface area contributed by atoms with E-state index in [2.05, 4.69) is 10.3 Å². The van der Waals surface area contributed by atoms with Crippen molar-refractivity contribution in [1.29, 1.82) is 0 Å². The standard InChI is InChI=1S/C16H22ClN5O3/c1-3-22-15(18-20(2)16(22)24)11-6-8-21(9-7-11)14(23)5-4-12-10-13(17)19-25-12/h10-11H,3-9H2,1-2H3. The van der Waals surface area contributed by atoms with Crippen LogP contribution in [0.2, 0.25) is 5.15 Å². The molecule has 1 amide bonds. The number of aryl methyl sites for hydroxylation is 2. The number of carbonyl (C=O) groups is 1. The molecule has 0 aromatic carbocycles. The summed E-state index contributed by atoms with van der Waals surface area (Å²) >= 11 is 5.70. The summed E-state index contributed by atoms with van der Waals surface area (Å²) in [6, 6.07) is 1.63. The number of nitrogens with zero attached hydrogens (tertiary/aromatic N) is 5. The highest BCUT2D eigenvalue weighted by Gasteiger charge is 2.27. The van der Waals surface area contributed by atoms with Crippen molar-refractivity contribution in [3.63, 3.8) is 0 Å². The van der Waals surface area contributed by atoms with Gasteiger partial charge in [0.2, 0.25) is 5.91 Å². The van der Waals surface area contributed by atoms with Gasteiger partial charge in [0.15, 0.2) is 5.15 Å². The lowest BCUT2D eigenvalue weighted by atomic mass is 9.95. The highest BCUT2D eigenvalue weighted by molar-refractivity contribution is 6.29. The summed E-state index contributed by atoms with van der Waals surface area (Å²) in [4.78, 5) is 26.3. The number of carbonyl (C=O) groups excluding carboxylic acids is 1. The van der Waals surface area contributed by atoms with E-state index < -0.39 is 0 Å². The average molecular weight is 368 g/mol. The molecular weight excluding hydrogens is 346 g/mol. The minimum atomic E-state index is -0.0817. The van der Waals surface area contributed by atoms with Crippen LogP contribution in [-0.2, 0) is 24.8 Å². The average Bonchev–Trinajstić information content (AvgIpc) is 3.16. The monoisotopic (exact) mass is 367 g/mol. The van der Waals surface area contributed by atoms with E-state index >= 15 is 0 Å². The van der Waals surface area contributed by atoms with E-state index in [4.69, 9.17) is 16.1 Å². The lowest BCUT2D eigenvalue weighted by Gasteiger charge is -2.31. The minimum absolute atomic E-state index is 0.0817. The molecule has 2 aromatic rings. The molecular formula is C16H22ClN5O3. The third-order valence-electron chi connectivity index (χ3n) is 4.68. The molecule has 1 aliphatic heterocycles. The van der Waals surface area contributed by atoms with Gasteiger partial charge in [-0.15, -0.1) is 0 Å². The van der Waals surface area contributed by atoms with E-state index in [9.17, 15) is 9.59 Å². The highest BCUT2D eigenvalue weighted by atomic mass is 35.5. The molecule has 0 radical (unpaired) electrons. The zero-order valence-electron chi connectivity index (χ0n) is 14.4. The number of piperidine rings is 1. The third kappa shape index (κ3) is 3.78. The molecule has 0 bridgehead atoms. The van der Waals surface area contributed by atoms with Crippen LogP contribution in [0.4, 0.5) is 0 Å². The Balaban J connectivity index is 1.55. The van der Waals surface area contributed by atoms with E-state index in [1.165, 1.54) is 4.68 Å². The van der Waals surface area contributed by atoms with Gasteiger partial charge in [0, 0.05) is 51.5 Å². The van der Waals surface area contributed by atoms with Gasteiger partial charge in [-0.2, -0.15) is 5.10 Å². The van der Waals surface area contributed by atoms with Crippen LogP contribution in [0.25, 0.3) is 0 Å². The van der Waals surface area contributed by atoms with E-state index in [1.54, 1.807) is 17.7 Å². The van der Waals surface area contributed by atoms with Gasteiger partial charge in [0.05, 0.1) is 0 Å². The second kappa shape index (κ2) is 7.43. The summed E-state index contributed by atoms with van der Waals surface area (Å²) in [7, 11) is 1.67. The predicted molar refractivity (Wildman–Crippen MR) is 91.5 cm³/mol. The van der Waals surface area contributed by atoms with Crippen molar-refractivity contribution in [3.8, 4) is 0 Å². The summed E-state index contributed by atoms with van der Waals surface area (Å²) in [5.74, 6) is 1.76. The predicted octanol–water partition coefficient (Wildman–Crippen LogP) is 1.58. The van der Waals surface area contributed by atoms with Crippen LogP contribution >= 0.6 is 11.6 Å². The van der Waals surface area contributed by atoms with Crippen LogP contribution in [0, 0.1) is 0 Å². The Bertz CT molecular complexity index is 801. The molecule has 1 aliphatic rings. The molecule has 25 heavy (non-hydrogen) atoms. The maximum atomic E-state index is 12.4. The number of aromatic nitrogens is 4. The molecule has 0 unspecified atom stereocenters. The molecule has 8 nitrogen and oxygen atoms in total. The van der Waals surface area contributed by atoms with Gasteiger partial charge in [-0.05, 0) is 19.8 Å². The molecule has 3 heterocycles. The summed E-state index contributed by atoms with van der Waals surface area (Å²) in [6.07, 6.45) is 2.50. The molecule has 1 saturated heterocycles. The van der Waals surface area contributed by atoms with Crippen molar-refractivity contribution < 1.29 is 9.32 Å². The fourth-order valence-electron chi connectivity index (χ4n) is 3.30. The van der Waals surface area contributed by atoms with E-state index in [0.29, 0.717) is 43.4 Å². The number of hydrogen-bond donors (Lipinski definition) is 0. The molecule has 9 heteroatoms. The Kier molecular flexibility index (Phi) is 5.27. The maximum absolute atomic E-state index is 12.4. The second-order valence-electron chi connectivity index (χ2n) is 6.28. The normalized spacial score (nSPS) is 15.7. The van der Waals surface area contributed by atoms with Crippen molar-refractivity contribution in [2.24, 2.45) is 7.05 Å². The van der Waals surface area contributed by atoms with Gasteiger partial charge in [-0.1, -0.05) is 16.8 Å². The van der Waals surface area contributed by atoms with Crippen molar-refractivity contribution in [2.75, 3.05) is 13.1 Å². The Labute approximate surface area is 150 Å². The molecule has 0 spiro atoms. The zero-order valence-corrected chi connectivity index (χ0v) is 15.2. The van der Waals surface area contributed by atoms with Gasteiger partial charge in [0.1, 0.15) is 11.6 Å². The van der Waals surface area contributed by atoms with E-state index in [-0.39, 0.29) is 17.5 Å². The summed E-state index contributed by atoms with van der Waals surface area (Å²) in [5.41, 5.74) is -0.0817. The molecule has 0 saturated carbocycles. The Morgan fingerprint density at radius 2 is 2.12 bits per heavy atom. The number of rotatable bonds is 5. The quantitative estimate of drug-likeness (QED) is 0.800. The van der Waals surface area contributed by atoms with Crippen LogP contribution in [0.1, 0.15) is 43.7 Å². The summed E-state index contributed by atoms with van der Waals surface area (Å²) in [5, 5.41) is 8.30. The lowest BCUT2D eigenvalue weighted by molar-refractivity contribution is -0.132. The Hall–Kier alpha value is -2.09. The molecule has 0 N–H and O–H groups in total. The molecule has 3 rings (SSSR count). The first-order valence-corrected chi connectivity index (χ1v) is 8.90. The lowest BCUT2D eigenvalue weighted by Crippen LogP contribution is -2.38. The topological polar surface area (TPSA) is 86.2 Å². The maximum Gasteiger partial charge on any atom is 0.345 e. The van der Waals surface area contributed by atoms with Crippen LogP contribution in [0.3, 0.4) is 0 Å². The molecule has 0 aliphatic carbocycles. The minimum Gasteiger partial charge on any atom is -0.360 e. The van der Waals surface area contributed by atoms with E-state index in [0.717, 1.165) is 18.7 Å². The molecule has 2 aromatic heterocycles. The van der Waals surface area contributed by atoms with Crippen LogP contribution < -0.4 is 5.69 Å². The smallest absolute Gasteiger partial charge is 0.345 e. The third-order valence-corrected chi connectivity index (χ3v) is 4.86. The van der Waals surface area contributed by atoms with E-state index in [1.807, 2.05) is 11.8 Å². The zero-order chi connectivity index (χ0) is 18.0. The highest BCUT2D eigenvalue weighted by Crippen LogP contribution is 2.26. The van der Waals surface area contributed by atoms with Crippen LogP contribution in [-0.4, -0.2) is 43.4 Å². The molecule has 1 fully saturated rings. The second-order valence-corrected chi connectivity index (χ2v) is 6.67. The summed E-state index contributed by atoms with van der Waals surface area (Å²) in [6.45, 7) is 3.91. The van der Waals surface area contributed by atoms with Crippen molar-refractivity contribution in [3.05, 3.63) is 33.3 Å². The largest absolute Gasteiger partial charge is 0.360 e. The fourth-order valence-corrected chi connectivity index (χ4v) is 3.46. The number of halogens is 1. The van der Waals surface area contributed by atoms with Crippen LogP contribution in [0.15, 0.2) is 15.4 Å². The van der Waals surface area contributed by atoms with Crippen molar-refractivity contribution >= 4 is 17.5 Å². The SMILES string of the molecule is CCn1c(C2CCN(C(=O)CCc3cc(Cl)no3)CC2)nn(C)c1=O. The number of amides is 1. The van der Waals surface area contributed by atoms with Crippen molar-refractivity contribution in [1.82, 2.24) is 24.4 Å². The fraction of sp³-hybridized carbons (Fsp3) is 0.625. The molecule has 0 atom stereocenters. The van der Waals surface area contributed by atoms with Gasteiger partial charge in [0.25, 0.3) is 0 Å². The number of hydrogen-bond acceptors (Lipinski definition) is 5. The van der Waals surface area contributed by atoms with Crippen molar-refractivity contribution in [2.45, 2.75) is 45.1 Å². The summed E-state index contributed by atoms with van der Waals surface area (Å²) < 4.78 is 8.13. The Morgan fingerprint density at radius 1 is 1.40 bits per heavy atom. The van der Waals surface area contributed by atoms with Gasteiger partial charge in [-0.25, -0.2) is 9.48 Å². The first-order chi connectivity index (χ1) is 12.0. The molecule has 136 valence electrons. The Morgan fingerprint density at radius 3 is 2.72 bits per heavy atom.